The molecule has 2 rings (SSSR count). The quantitative estimate of drug-likeness (QED) is 0.849. The Labute approximate surface area is 126 Å². The third kappa shape index (κ3) is 3.31. The van der Waals surface area contributed by atoms with Crippen LogP contribution in [0.4, 0.5) is 0 Å². The first kappa shape index (κ1) is 16.5. The van der Waals surface area contributed by atoms with Crippen molar-refractivity contribution in [2.45, 2.75) is 38.1 Å². The number of nitrogens with two attached hydrogens (primary N) is 1. The van der Waals surface area contributed by atoms with E-state index in [2.05, 4.69) is 4.90 Å². The van der Waals surface area contributed by atoms with Crippen molar-refractivity contribution in [3.8, 4) is 0 Å². The van der Waals surface area contributed by atoms with Crippen molar-refractivity contribution < 1.29 is 12.8 Å². The molecule has 120 valence electrons. The lowest BCUT2D eigenvalue weighted by molar-refractivity contribution is 0.309. The van der Waals surface area contributed by atoms with E-state index in [4.69, 9.17) is 10.2 Å². The van der Waals surface area contributed by atoms with Crippen molar-refractivity contribution in [3.05, 3.63) is 17.1 Å². The van der Waals surface area contributed by atoms with E-state index in [1.807, 2.05) is 0 Å². The van der Waals surface area contributed by atoms with Crippen LogP contribution in [0, 0.1) is 13.8 Å². The summed E-state index contributed by atoms with van der Waals surface area (Å²) in [5, 5.41) is 0. The fourth-order valence-electron chi connectivity index (χ4n) is 2.85. The van der Waals surface area contributed by atoms with Gasteiger partial charge in [0.25, 0.3) is 0 Å². The maximum absolute atomic E-state index is 12.7. The SMILES string of the molecule is Cc1oc(C)c(S(=O)(=O)N(C)CCN2CCCC2)c1CN. The van der Waals surface area contributed by atoms with Gasteiger partial charge in [0.05, 0.1) is 0 Å². The highest BCUT2D eigenvalue weighted by molar-refractivity contribution is 7.89. The smallest absolute Gasteiger partial charge is 0.246 e. The zero-order valence-electron chi connectivity index (χ0n) is 13.1. The van der Waals surface area contributed by atoms with Crippen LogP contribution in [0.5, 0.6) is 0 Å². The number of furan rings is 1. The van der Waals surface area contributed by atoms with Crippen molar-refractivity contribution >= 4 is 10.0 Å². The van der Waals surface area contributed by atoms with E-state index in [0.29, 0.717) is 23.6 Å². The Morgan fingerprint density at radius 1 is 1.24 bits per heavy atom. The molecule has 7 heteroatoms. The van der Waals surface area contributed by atoms with Gasteiger partial charge in [0, 0.05) is 32.2 Å². The van der Waals surface area contributed by atoms with E-state index in [1.54, 1.807) is 20.9 Å². The van der Waals surface area contributed by atoms with E-state index >= 15 is 0 Å². The van der Waals surface area contributed by atoms with Gasteiger partial charge in [-0.05, 0) is 39.8 Å². The molecule has 1 fully saturated rings. The van der Waals surface area contributed by atoms with Crippen molar-refractivity contribution in [2.75, 3.05) is 33.2 Å². The molecule has 0 bridgehead atoms. The van der Waals surface area contributed by atoms with Crippen LogP contribution in [-0.4, -0.2) is 50.8 Å². The highest BCUT2D eigenvalue weighted by Crippen LogP contribution is 2.28. The molecule has 6 nitrogen and oxygen atoms in total. The predicted molar refractivity (Wildman–Crippen MR) is 81.6 cm³/mol. The number of aryl methyl sites for hydroxylation is 2. The van der Waals surface area contributed by atoms with Crippen LogP contribution < -0.4 is 5.73 Å². The first-order valence-electron chi connectivity index (χ1n) is 7.35. The number of hydrogen-bond donors (Lipinski definition) is 1. The highest BCUT2D eigenvalue weighted by atomic mass is 32.2. The summed E-state index contributed by atoms with van der Waals surface area (Å²) < 4.78 is 32.3. The molecule has 0 aliphatic carbocycles. The average Bonchev–Trinajstić information content (AvgIpc) is 3.03. The molecule has 0 amide bonds. The summed E-state index contributed by atoms with van der Waals surface area (Å²) in [7, 11) is -1.93. The number of likely N-dealkylation sites (N-methyl/N-ethyl adjacent to an activating group) is 1. The minimum atomic E-state index is -3.55. The molecule has 0 spiro atoms. The van der Waals surface area contributed by atoms with E-state index in [0.717, 1.165) is 19.6 Å². The lowest BCUT2D eigenvalue weighted by Crippen LogP contribution is -2.35. The molecule has 0 atom stereocenters. The maximum atomic E-state index is 12.7. The molecule has 1 aliphatic heterocycles. The number of rotatable bonds is 6. The van der Waals surface area contributed by atoms with Gasteiger partial charge < -0.3 is 15.1 Å². The van der Waals surface area contributed by atoms with Crippen LogP contribution in [-0.2, 0) is 16.6 Å². The molecule has 21 heavy (non-hydrogen) atoms. The Balaban J connectivity index is 2.16. The van der Waals surface area contributed by atoms with Gasteiger partial charge in [0.2, 0.25) is 10.0 Å². The van der Waals surface area contributed by atoms with Crippen molar-refractivity contribution in [2.24, 2.45) is 5.73 Å². The van der Waals surface area contributed by atoms with Gasteiger partial charge >= 0.3 is 0 Å². The van der Waals surface area contributed by atoms with Gasteiger partial charge in [-0.15, -0.1) is 0 Å². The van der Waals surface area contributed by atoms with E-state index in [-0.39, 0.29) is 11.4 Å². The molecule has 1 saturated heterocycles. The topological polar surface area (TPSA) is 79.8 Å². The summed E-state index contributed by atoms with van der Waals surface area (Å²) in [5.74, 6) is 1.00. The summed E-state index contributed by atoms with van der Waals surface area (Å²) in [6.45, 7) is 6.96. The van der Waals surface area contributed by atoms with Crippen LogP contribution in [0.15, 0.2) is 9.31 Å². The van der Waals surface area contributed by atoms with Crippen LogP contribution in [0.25, 0.3) is 0 Å². The predicted octanol–water partition coefficient (Wildman–Crippen LogP) is 1.07. The van der Waals surface area contributed by atoms with E-state index in [1.165, 1.54) is 17.1 Å². The molecule has 0 radical (unpaired) electrons. The third-order valence-corrected chi connectivity index (χ3v) is 6.18. The second-order valence-corrected chi connectivity index (χ2v) is 7.58. The summed E-state index contributed by atoms with van der Waals surface area (Å²) in [5.41, 5.74) is 6.27. The number of hydrogen-bond acceptors (Lipinski definition) is 5. The lowest BCUT2D eigenvalue weighted by atomic mass is 10.2. The van der Waals surface area contributed by atoms with Gasteiger partial charge in [-0.1, -0.05) is 0 Å². The monoisotopic (exact) mass is 315 g/mol. The first-order valence-corrected chi connectivity index (χ1v) is 8.79. The fourth-order valence-corrected chi connectivity index (χ4v) is 4.43. The zero-order chi connectivity index (χ0) is 15.6. The molecule has 1 aromatic heterocycles. The molecule has 2 N–H and O–H groups in total. The Morgan fingerprint density at radius 3 is 2.43 bits per heavy atom. The minimum Gasteiger partial charge on any atom is -0.465 e. The van der Waals surface area contributed by atoms with Crippen molar-refractivity contribution in [1.29, 1.82) is 0 Å². The van der Waals surface area contributed by atoms with Crippen LogP contribution in [0.2, 0.25) is 0 Å². The molecular weight excluding hydrogens is 290 g/mol. The summed E-state index contributed by atoms with van der Waals surface area (Å²) >= 11 is 0. The maximum Gasteiger partial charge on any atom is 0.246 e. The van der Waals surface area contributed by atoms with Crippen LogP contribution in [0.1, 0.15) is 29.9 Å². The zero-order valence-corrected chi connectivity index (χ0v) is 13.9. The second-order valence-electron chi connectivity index (χ2n) is 5.60. The molecule has 0 saturated carbocycles. The lowest BCUT2D eigenvalue weighted by Gasteiger charge is -2.21. The Hall–Kier alpha value is -0.890. The molecule has 1 aliphatic rings. The molecule has 2 heterocycles. The number of nitrogens with zero attached hydrogens (tertiary/aromatic N) is 2. The Morgan fingerprint density at radius 2 is 1.86 bits per heavy atom. The normalized spacial score (nSPS) is 17.0. The fraction of sp³-hybridized carbons (Fsp3) is 0.714. The Kier molecular flexibility index (Phi) is 5.08. The van der Waals surface area contributed by atoms with Gasteiger partial charge in [0.15, 0.2) is 0 Å². The standard InChI is InChI=1S/C14H25N3O3S/c1-11-13(10-15)14(12(2)20-11)21(18,19)16(3)8-9-17-6-4-5-7-17/h4-10,15H2,1-3H3. The molecule has 0 unspecified atom stereocenters. The third-order valence-electron chi connectivity index (χ3n) is 4.13. The second kappa shape index (κ2) is 6.48. The molecular formula is C14H25N3O3S. The van der Waals surface area contributed by atoms with Crippen molar-refractivity contribution in [3.63, 3.8) is 0 Å². The molecule has 1 aromatic rings. The highest BCUT2D eigenvalue weighted by Gasteiger charge is 2.30. The van der Waals surface area contributed by atoms with Gasteiger partial charge in [-0.3, -0.25) is 0 Å². The van der Waals surface area contributed by atoms with Gasteiger partial charge in [-0.2, -0.15) is 4.31 Å². The number of sulfonamides is 1. The average molecular weight is 315 g/mol. The van der Waals surface area contributed by atoms with Gasteiger partial charge in [-0.25, -0.2) is 8.42 Å². The summed E-state index contributed by atoms with van der Waals surface area (Å²) in [6, 6.07) is 0. The Bertz CT molecular complexity index is 589. The van der Waals surface area contributed by atoms with Crippen molar-refractivity contribution in [1.82, 2.24) is 9.21 Å². The van der Waals surface area contributed by atoms with E-state index < -0.39 is 10.0 Å². The minimum absolute atomic E-state index is 0.164. The first-order chi connectivity index (χ1) is 9.87. The molecule has 0 aromatic carbocycles. The van der Waals surface area contributed by atoms with Crippen LogP contribution >= 0.6 is 0 Å². The largest absolute Gasteiger partial charge is 0.465 e. The van der Waals surface area contributed by atoms with Gasteiger partial charge in [0.1, 0.15) is 16.4 Å². The van der Waals surface area contributed by atoms with Crippen LogP contribution in [0.3, 0.4) is 0 Å². The van der Waals surface area contributed by atoms with E-state index in [9.17, 15) is 8.42 Å². The summed E-state index contributed by atoms with van der Waals surface area (Å²) in [6.07, 6.45) is 2.40. The summed E-state index contributed by atoms with van der Waals surface area (Å²) in [4.78, 5) is 2.54. The number of likely N-dealkylation sites (tertiary alicyclic amines) is 1.